The Balaban J connectivity index is 1.42. The van der Waals surface area contributed by atoms with E-state index < -0.39 is 10.0 Å². The first-order valence-corrected chi connectivity index (χ1v) is 12.1. The third-order valence-electron chi connectivity index (χ3n) is 5.95. The number of fused-ring (bicyclic) bond motifs is 1. The van der Waals surface area contributed by atoms with Crippen molar-refractivity contribution in [2.45, 2.75) is 50.6 Å². The molecule has 1 saturated heterocycles. The van der Waals surface area contributed by atoms with Gasteiger partial charge in [0.2, 0.25) is 15.9 Å². The molecule has 2 heterocycles. The van der Waals surface area contributed by atoms with Crippen molar-refractivity contribution in [1.29, 1.82) is 0 Å². The highest BCUT2D eigenvalue weighted by atomic mass is 32.2. The Bertz CT molecular complexity index is 1030. The molecule has 0 saturated carbocycles. The van der Waals surface area contributed by atoms with E-state index in [1.54, 1.807) is 23.1 Å². The number of nitrogens with one attached hydrogen (secondary N) is 1. The van der Waals surface area contributed by atoms with Crippen molar-refractivity contribution in [2.24, 2.45) is 0 Å². The van der Waals surface area contributed by atoms with Gasteiger partial charge in [-0.25, -0.2) is 13.1 Å². The molecular weight excluding hydrogens is 398 g/mol. The largest absolute Gasteiger partial charge is 0.312 e. The standard InChI is InChI=1S/C23H29N3O3S/c1-18(27)26-13-10-21-15-22(8-9-23(21)26)30(28,29)24-16-19-6-5-7-20(14-19)17-25-11-3-2-4-12-25/h5-9,14-15,24H,2-4,10-13,16-17H2,1H3. The maximum absolute atomic E-state index is 12.8. The number of carbonyl (C=O) groups is 1. The van der Waals surface area contributed by atoms with Gasteiger partial charge in [0.1, 0.15) is 0 Å². The molecule has 0 spiro atoms. The molecule has 6 nitrogen and oxygen atoms in total. The topological polar surface area (TPSA) is 69.7 Å². The molecule has 1 amide bonds. The van der Waals surface area contributed by atoms with Crippen LogP contribution in [0.15, 0.2) is 47.4 Å². The molecule has 2 aromatic rings. The van der Waals surface area contributed by atoms with Crippen LogP contribution in [0.1, 0.15) is 42.9 Å². The first kappa shape index (κ1) is 21.0. The van der Waals surface area contributed by atoms with E-state index in [9.17, 15) is 13.2 Å². The van der Waals surface area contributed by atoms with E-state index in [1.165, 1.54) is 31.7 Å². The summed E-state index contributed by atoms with van der Waals surface area (Å²) in [4.78, 5) is 16.1. The van der Waals surface area contributed by atoms with Gasteiger partial charge in [-0.2, -0.15) is 0 Å². The molecule has 7 heteroatoms. The van der Waals surface area contributed by atoms with Crippen molar-refractivity contribution in [3.05, 3.63) is 59.2 Å². The van der Waals surface area contributed by atoms with Crippen molar-refractivity contribution < 1.29 is 13.2 Å². The van der Waals surface area contributed by atoms with Gasteiger partial charge in [0.25, 0.3) is 0 Å². The molecular formula is C23H29N3O3S. The van der Waals surface area contributed by atoms with Crippen LogP contribution >= 0.6 is 0 Å². The van der Waals surface area contributed by atoms with Gasteiger partial charge in [-0.3, -0.25) is 9.69 Å². The molecule has 2 aromatic carbocycles. The number of anilines is 1. The molecule has 0 aromatic heterocycles. The number of rotatable bonds is 6. The molecule has 0 radical (unpaired) electrons. The fourth-order valence-corrected chi connectivity index (χ4v) is 5.42. The van der Waals surface area contributed by atoms with Crippen molar-refractivity contribution in [2.75, 3.05) is 24.5 Å². The number of sulfonamides is 1. The van der Waals surface area contributed by atoms with Gasteiger partial charge in [-0.1, -0.05) is 30.7 Å². The van der Waals surface area contributed by atoms with Crippen LogP contribution in [0.2, 0.25) is 0 Å². The number of likely N-dealkylation sites (tertiary alicyclic amines) is 1. The summed E-state index contributed by atoms with van der Waals surface area (Å²) in [7, 11) is -3.62. The van der Waals surface area contributed by atoms with Gasteiger partial charge < -0.3 is 4.90 Å². The summed E-state index contributed by atoms with van der Waals surface area (Å²) < 4.78 is 28.4. The van der Waals surface area contributed by atoms with E-state index in [1.807, 2.05) is 12.1 Å². The van der Waals surface area contributed by atoms with E-state index >= 15 is 0 Å². The molecule has 30 heavy (non-hydrogen) atoms. The van der Waals surface area contributed by atoms with Crippen molar-refractivity contribution >= 4 is 21.6 Å². The highest BCUT2D eigenvalue weighted by molar-refractivity contribution is 7.89. The van der Waals surface area contributed by atoms with Crippen LogP contribution in [0.3, 0.4) is 0 Å². The van der Waals surface area contributed by atoms with Gasteiger partial charge in [0, 0.05) is 32.2 Å². The van der Waals surface area contributed by atoms with Gasteiger partial charge >= 0.3 is 0 Å². The lowest BCUT2D eigenvalue weighted by atomic mass is 10.1. The Morgan fingerprint density at radius 1 is 1.00 bits per heavy atom. The number of amides is 1. The summed E-state index contributed by atoms with van der Waals surface area (Å²) in [6.45, 7) is 5.57. The minimum absolute atomic E-state index is 0.0214. The van der Waals surface area contributed by atoms with Crippen LogP contribution in [0.4, 0.5) is 5.69 Å². The summed E-state index contributed by atoms with van der Waals surface area (Å²) in [6, 6.07) is 13.1. The van der Waals surface area contributed by atoms with E-state index in [-0.39, 0.29) is 17.3 Å². The second kappa shape index (κ2) is 8.88. The second-order valence-electron chi connectivity index (χ2n) is 8.19. The molecule has 0 unspecified atom stereocenters. The first-order valence-electron chi connectivity index (χ1n) is 10.6. The third kappa shape index (κ3) is 4.74. The molecule has 2 aliphatic rings. The van der Waals surface area contributed by atoms with Gasteiger partial charge in [-0.05, 0) is 67.2 Å². The normalized spacial score (nSPS) is 17.2. The zero-order valence-corrected chi connectivity index (χ0v) is 18.2. The molecule has 4 rings (SSSR count). The van der Waals surface area contributed by atoms with Crippen molar-refractivity contribution in [3.8, 4) is 0 Å². The Labute approximate surface area is 178 Å². The lowest BCUT2D eigenvalue weighted by Gasteiger charge is -2.26. The van der Waals surface area contributed by atoms with Gasteiger partial charge in [0.05, 0.1) is 4.90 Å². The molecule has 160 valence electrons. The molecule has 2 aliphatic heterocycles. The predicted molar refractivity (Wildman–Crippen MR) is 118 cm³/mol. The average molecular weight is 428 g/mol. The van der Waals surface area contributed by atoms with Gasteiger partial charge in [0.15, 0.2) is 0 Å². The third-order valence-corrected chi connectivity index (χ3v) is 7.35. The Morgan fingerprint density at radius 3 is 2.53 bits per heavy atom. The van der Waals surface area contributed by atoms with E-state index in [0.717, 1.165) is 36.4 Å². The minimum atomic E-state index is -3.62. The summed E-state index contributed by atoms with van der Waals surface area (Å²) in [5, 5.41) is 0. The molecule has 0 atom stereocenters. The summed E-state index contributed by atoms with van der Waals surface area (Å²) >= 11 is 0. The van der Waals surface area contributed by atoms with E-state index in [4.69, 9.17) is 0 Å². The summed E-state index contributed by atoms with van der Waals surface area (Å²) in [6.07, 6.45) is 4.50. The maximum Gasteiger partial charge on any atom is 0.240 e. The number of nitrogens with zero attached hydrogens (tertiary/aromatic N) is 2. The summed E-state index contributed by atoms with van der Waals surface area (Å²) in [5.41, 5.74) is 3.89. The molecule has 0 aliphatic carbocycles. The van der Waals surface area contributed by atoms with Crippen molar-refractivity contribution in [3.63, 3.8) is 0 Å². The smallest absolute Gasteiger partial charge is 0.240 e. The van der Waals surface area contributed by atoms with E-state index in [0.29, 0.717) is 13.0 Å². The van der Waals surface area contributed by atoms with Crippen LogP contribution in [-0.2, 0) is 34.3 Å². The fourth-order valence-electron chi connectivity index (χ4n) is 4.35. The van der Waals surface area contributed by atoms with Gasteiger partial charge in [-0.15, -0.1) is 0 Å². The van der Waals surface area contributed by atoms with Crippen LogP contribution < -0.4 is 9.62 Å². The number of benzene rings is 2. The van der Waals surface area contributed by atoms with Crippen LogP contribution in [-0.4, -0.2) is 38.9 Å². The SMILES string of the molecule is CC(=O)N1CCc2cc(S(=O)(=O)NCc3cccc(CN4CCCCC4)c3)ccc21. The zero-order valence-electron chi connectivity index (χ0n) is 17.4. The first-order chi connectivity index (χ1) is 14.4. The summed E-state index contributed by atoms with van der Waals surface area (Å²) in [5.74, 6) is -0.0214. The van der Waals surface area contributed by atoms with E-state index in [2.05, 4.69) is 21.8 Å². The lowest BCUT2D eigenvalue weighted by Crippen LogP contribution is -2.29. The molecule has 0 bridgehead atoms. The monoisotopic (exact) mass is 427 g/mol. The number of piperidine rings is 1. The lowest BCUT2D eigenvalue weighted by molar-refractivity contribution is -0.116. The quantitative estimate of drug-likeness (QED) is 0.769. The minimum Gasteiger partial charge on any atom is -0.312 e. The average Bonchev–Trinajstić information content (AvgIpc) is 3.17. The number of hydrogen-bond donors (Lipinski definition) is 1. The van der Waals surface area contributed by atoms with Crippen LogP contribution in [0, 0.1) is 0 Å². The second-order valence-corrected chi connectivity index (χ2v) is 9.96. The Hall–Kier alpha value is -2.22. The molecule has 1 fully saturated rings. The Kier molecular flexibility index (Phi) is 6.22. The molecule has 1 N–H and O–H groups in total. The fraction of sp³-hybridized carbons (Fsp3) is 0.435. The Morgan fingerprint density at radius 2 is 1.77 bits per heavy atom. The predicted octanol–water partition coefficient (Wildman–Crippen LogP) is 3.06. The van der Waals surface area contributed by atoms with Crippen LogP contribution in [0.25, 0.3) is 0 Å². The van der Waals surface area contributed by atoms with Crippen molar-refractivity contribution in [1.82, 2.24) is 9.62 Å². The maximum atomic E-state index is 12.8. The van der Waals surface area contributed by atoms with Crippen LogP contribution in [0.5, 0.6) is 0 Å². The highest BCUT2D eigenvalue weighted by Gasteiger charge is 2.24. The highest BCUT2D eigenvalue weighted by Crippen LogP contribution is 2.30. The zero-order chi connectivity index (χ0) is 21.1. The number of hydrogen-bond acceptors (Lipinski definition) is 4. The number of carbonyl (C=O) groups excluding carboxylic acids is 1.